The molecule has 0 spiro atoms. The molecule has 0 N–H and O–H groups in total. The van der Waals surface area contributed by atoms with Crippen molar-refractivity contribution in [3.8, 4) is 5.75 Å². The van der Waals surface area contributed by atoms with Crippen LogP contribution in [0, 0.1) is 0 Å². The molecule has 1 unspecified atom stereocenters. The summed E-state index contributed by atoms with van der Waals surface area (Å²) in [4.78, 5) is 0. The molecular weight excluding hydrogens is 301 g/mol. The molecule has 1 atom stereocenters. The topological polar surface area (TPSA) is 30.9 Å². The molecule has 19 heavy (non-hydrogen) atoms. The average molecular weight is 319 g/mol. The Bertz CT molecular complexity index is 449. The van der Waals surface area contributed by atoms with Crippen molar-refractivity contribution in [1.82, 2.24) is 4.67 Å². The van der Waals surface area contributed by atoms with Gasteiger partial charge in [-0.2, -0.15) is 0 Å². The minimum atomic E-state index is -1.95. The van der Waals surface area contributed by atoms with Crippen molar-refractivity contribution in [2.75, 3.05) is 40.5 Å². The van der Waals surface area contributed by atoms with Gasteiger partial charge in [0.05, 0.1) is 27.4 Å². The third kappa shape index (κ3) is 3.51. The van der Waals surface area contributed by atoms with Crippen LogP contribution >= 0.6 is 17.1 Å². The van der Waals surface area contributed by atoms with Gasteiger partial charge < -0.3 is 13.7 Å². The molecule has 0 aromatic heterocycles. The van der Waals surface area contributed by atoms with Gasteiger partial charge >= 0.3 is 0 Å². The highest BCUT2D eigenvalue weighted by Crippen LogP contribution is 2.61. The minimum absolute atomic E-state index is 0.735. The fourth-order valence-electron chi connectivity index (χ4n) is 1.94. The van der Waals surface area contributed by atoms with E-state index in [-0.39, 0.29) is 0 Å². The summed E-state index contributed by atoms with van der Waals surface area (Å²) >= 11 is 7.35. The smallest absolute Gasteiger partial charge is 0.123 e. The summed E-state index contributed by atoms with van der Waals surface area (Å²) in [5.74, 6) is 0.842. The summed E-state index contributed by atoms with van der Waals surface area (Å²) in [6.07, 6.45) is 0. The van der Waals surface area contributed by atoms with Gasteiger partial charge in [-0.25, -0.2) is 0 Å². The zero-order chi connectivity index (χ0) is 13.7. The highest BCUT2D eigenvalue weighted by Gasteiger charge is 2.30. The van der Waals surface area contributed by atoms with Gasteiger partial charge in [0.15, 0.2) is 0 Å². The lowest BCUT2D eigenvalue weighted by Crippen LogP contribution is -2.35. The van der Waals surface area contributed by atoms with Crippen molar-refractivity contribution < 1.29 is 13.7 Å². The van der Waals surface area contributed by atoms with Crippen molar-refractivity contribution >= 4 is 34.2 Å². The number of ether oxygens (including phenoxy) is 2. The summed E-state index contributed by atoms with van der Waals surface area (Å²) in [6, 6.07) is 7.99. The van der Waals surface area contributed by atoms with Crippen molar-refractivity contribution in [3.63, 3.8) is 0 Å². The Labute approximate surface area is 123 Å². The summed E-state index contributed by atoms with van der Waals surface area (Å²) in [7, 11) is 3.34. The number of hydrogen-bond acceptors (Lipinski definition) is 5. The van der Waals surface area contributed by atoms with E-state index < -0.39 is 5.39 Å². The Balaban J connectivity index is 2.28. The second-order valence-corrected chi connectivity index (χ2v) is 10.9. The Morgan fingerprint density at radius 2 is 1.84 bits per heavy atom. The van der Waals surface area contributed by atoms with Crippen LogP contribution < -0.4 is 10.0 Å². The molecule has 4 nitrogen and oxygen atoms in total. The average Bonchev–Trinajstić information content (AvgIpc) is 2.48. The van der Waals surface area contributed by atoms with E-state index in [1.54, 1.807) is 14.2 Å². The van der Waals surface area contributed by atoms with Crippen molar-refractivity contribution in [2.45, 2.75) is 0 Å². The van der Waals surface area contributed by atoms with Crippen molar-refractivity contribution in [2.24, 2.45) is 0 Å². The van der Waals surface area contributed by atoms with Gasteiger partial charge in [0.25, 0.3) is 0 Å². The first-order valence-corrected chi connectivity index (χ1v) is 10.1. The number of nitrogens with zero attached hydrogens (tertiary/aromatic N) is 1. The number of morpholine rings is 1. The van der Waals surface area contributed by atoms with Crippen LogP contribution in [-0.2, 0) is 20.7 Å². The first-order chi connectivity index (χ1) is 9.20. The third-order valence-electron chi connectivity index (χ3n) is 2.93. The lowest BCUT2D eigenvalue weighted by molar-refractivity contribution is 0.0757. The predicted octanol–water partition coefficient (Wildman–Crippen LogP) is 2.26. The third-order valence-corrected chi connectivity index (χ3v) is 9.63. The van der Waals surface area contributed by atoms with E-state index in [4.69, 9.17) is 25.5 Å². The fraction of sp³-hybridized carbons (Fsp3) is 0.500. The van der Waals surface area contributed by atoms with E-state index in [1.807, 2.05) is 24.3 Å². The molecule has 1 aliphatic heterocycles. The molecule has 0 amide bonds. The van der Waals surface area contributed by atoms with E-state index in [1.165, 1.54) is 11.7 Å². The van der Waals surface area contributed by atoms with Gasteiger partial charge in [0.1, 0.15) is 11.1 Å². The zero-order valence-electron chi connectivity index (χ0n) is 11.1. The van der Waals surface area contributed by atoms with Crippen LogP contribution in [0.3, 0.4) is 0 Å². The van der Waals surface area contributed by atoms with Gasteiger partial charge in [-0.1, -0.05) is 11.8 Å². The van der Waals surface area contributed by atoms with Crippen LogP contribution in [0.1, 0.15) is 0 Å². The second-order valence-electron chi connectivity index (χ2n) is 4.03. The highest BCUT2D eigenvalue weighted by molar-refractivity contribution is 8.70. The zero-order valence-corrected chi connectivity index (χ0v) is 13.6. The molecule has 0 radical (unpaired) electrons. The molecule has 1 heterocycles. The summed E-state index contributed by atoms with van der Waals surface area (Å²) in [6.45, 7) is 3.19. The summed E-state index contributed by atoms with van der Waals surface area (Å²) < 4.78 is 18.2. The normalized spacial score (nSPS) is 19.9. The van der Waals surface area contributed by atoms with Crippen molar-refractivity contribution in [1.29, 1.82) is 0 Å². The molecule has 1 saturated heterocycles. The van der Waals surface area contributed by atoms with E-state index in [0.717, 1.165) is 37.4 Å². The van der Waals surface area contributed by atoms with E-state index in [9.17, 15) is 0 Å². The molecule has 1 aromatic carbocycles. The molecule has 1 aliphatic rings. The van der Waals surface area contributed by atoms with Crippen molar-refractivity contribution in [3.05, 3.63) is 24.3 Å². The molecule has 106 valence electrons. The van der Waals surface area contributed by atoms with Crippen LogP contribution in [-0.4, -0.2) is 45.2 Å². The molecule has 0 saturated carbocycles. The Morgan fingerprint density at radius 1 is 1.21 bits per heavy atom. The standard InChI is InChI=1S/C12H18NO3PS2/c1-14-11-3-5-12(6-4-11)17(18,19-15-2)13-7-9-16-10-8-13/h3-6H,7-10H2,1-2H3. The Morgan fingerprint density at radius 3 is 2.37 bits per heavy atom. The Kier molecular flexibility index (Phi) is 5.69. The largest absolute Gasteiger partial charge is 0.497 e. The molecule has 0 bridgehead atoms. The predicted molar refractivity (Wildman–Crippen MR) is 83.9 cm³/mol. The van der Waals surface area contributed by atoms with Gasteiger partial charge in [-0.05, 0) is 24.3 Å². The molecule has 1 aromatic rings. The first-order valence-electron chi connectivity index (χ1n) is 6.01. The first kappa shape index (κ1) is 15.3. The van der Waals surface area contributed by atoms with Gasteiger partial charge in [0, 0.05) is 30.1 Å². The number of rotatable bonds is 5. The van der Waals surface area contributed by atoms with E-state index in [0.29, 0.717) is 0 Å². The van der Waals surface area contributed by atoms with Gasteiger partial charge in [0.2, 0.25) is 0 Å². The number of benzene rings is 1. The highest BCUT2D eigenvalue weighted by atomic mass is 32.9. The van der Waals surface area contributed by atoms with Crippen LogP contribution in [0.15, 0.2) is 24.3 Å². The molecule has 7 heteroatoms. The maximum atomic E-state index is 5.95. The molecule has 2 rings (SSSR count). The second kappa shape index (κ2) is 7.07. The summed E-state index contributed by atoms with van der Waals surface area (Å²) in [5.41, 5.74) is 0. The lowest BCUT2D eigenvalue weighted by Gasteiger charge is -2.36. The minimum Gasteiger partial charge on any atom is -0.497 e. The number of hydrogen-bond donors (Lipinski definition) is 0. The van der Waals surface area contributed by atoms with Gasteiger partial charge in [-0.3, -0.25) is 4.67 Å². The number of methoxy groups -OCH3 is 1. The lowest BCUT2D eigenvalue weighted by atomic mass is 10.3. The van der Waals surface area contributed by atoms with E-state index >= 15 is 0 Å². The maximum Gasteiger partial charge on any atom is 0.123 e. The van der Waals surface area contributed by atoms with Crippen LogP contribution in [0.4, 0.5) is 0 Å². The molecular formula is C12H18NO3PS2. The SMILES string of the molecule is COSP(=S)(c1ccc(OC)cc1)N1CCOCC1. The molecule has 0 aliphatic carbocycles. The summed E-state index contributed by atoms with van der Waals surface area (Å²) in [5, 5.41) is -0.816. The van der Waals surface area contributed by atoms with Crippen LogP contribution in [0.25, 0.3) is 0 Å². The van der Waals surface area contributed by atoms with E-state index in [2.05, 4.69) is 4.67 Å². The maximum absolute atomic E-state index is 5.95. The quantitative estimate of drug-likeness (QED) is 0.611. The monoisotopic (exact) mass is 319 g/mol. The molecule has 1 fully saturated rings. The Hall–Kier alpha value is -0.100. The van der Waals surface area contributed by atoms with Crippen LogP contribution in [0.2, 0.25) is 0 Å². The van der Waals surface area contributed by atoms with Crippen LogP contribution in [0.5, 0.6) is 5.75 Å². The van der Waals surface area contributed by atoms with Gasteiger partial charge in [-0.15, -0.1) is 0 Å². The fourth-order valence-corrected chi connectivity index (χ4v) is 7.27.